The number of aryl methyl sites for hydroxylation is 2. The summed E-state index contributed by atoms with van der Waals surface area (Å²) in [5, 5.41) is 3.27. The van der Waals surface area contributed by atoms with E-state index in [4.69, 9.17) is 0 Å². The molecule has 1 amide bonds. The van der Waals surface area contributed by atoms with Gasteiger partial charge in [0.05, 0.1) is 10.7 Å². The van der Waals surface area contributed by atoms with Gasteiger partial charge in [0.15, 0.2) is 0 Å². The molecule has 0 N–H and O–H groups in total. The third-order valence-corrected chi connectivity index (χ3v) is 6.28. The Morgan fingerprint density at radius 2 is 2.04 bits per heavy atom. The van der Waals surface area contributed by atoms with Gasteiger partial charge in [-0.1, -0.05) is 24.3 Å². The molecule has 1 aromatic heterocycles. The van der Waals surface area contributed by atoms with Crippen LogP contribution in [-0.4, -0.2) is 46.9 Å². The van der Waals surface area contributed by atoms with Crippen molar-refractivity contribution in [3.05, 3.63) is 51.5 Å². The molecule has 0 saturated carbocycles. The first-order valence-electron chi connectivity index (χ1n) is 9.18. The molecule has 1 aliphatic heterocycles. The summed E-state index contributed by atoms with van der Waals surface area (Å²) in [7, 11) is 0. The second kappa shape index (κ2) is 7.26. The number of aromatic nitrogens is 1. The van der Waals surface area contributed by atoms with Crippen molar-refractivity contribution in [3.63, 3.8) is 0 Å². The molecule has 4 rings (SSSR count). The predicted octanol–water partition coefficient (Wildman–Crippen LogP) is 3.22. The SMILES string of the molecule is Cc1nc(CN2CCN(C(=O)CC3CCc4ccccc43)CC2)cs1. The minimum atomic E-state index is 0.325. The number of hydrogen-bond acceptors (Lipinski definition) is 4. The number of hydrogen-bond donors (Lipinski definition) is 0. The Labute approximate surface area is 153 Å². The van der Waals surface area contributed by atoms with E-state index in [9.17, 15) is 4.79 Å². The lowest BCUT2D eigenvalue weighted by atomic mass is 9.97. The number of amides is 1. The Hall–Kier alpha value is -1.72. The van der Waals surface area contributed by atoms with Gasteiger partial charge in [-0.2, -0.15) is 0 Å². The molecule has 5 heteroatoms. The number of thiazole rings is 1. The minimum absolute atomic E-state index is 0.325. The van der Waals surface area contributed by atoms with Crippen molar-refractivity contribution in [2.75, 3.05) is 26.2 Å². The van der Waals surface area contributed by atoms with E-state index in [-0.39, 0.29) is 0 Å². The van der Waals surface area contributed by atoms with Crippen LogP contribution in [0.4, 0.5) is 0 Å². The molecule has 1 fully saturated rings. The van der Waals surface area contributed by atoms with Gasteiger partial charge < -0.3 is 4.90 Å². The van der Waals surface area contributed by atoms with Crippen molar-refractivity contribution in [2.45, 2.75) is 38.6 Å². The van der Waals surface area contributed by atoms with E-state index >= 15 is 0 Å². The summed E-state index contributed by atoms with van der Waals surface area (Å²) in [6, 6.07) is 8.61. The molecule has 1 saturated heterocycles. The Kier molecular flexibility index (Phi) is 4.86. The summed E-state index contributed by atoms with van der Waals surface area (Å²) in [6.45, 7) is 6.54. The molecule has 4 nitrogen and oxygen atoms in total. The largest absolute Gasteiger partial charge is 0.340 e. The number of rotatable bonds is 4. The van der Waals surface area contributed by atoms with Crippen LogP contribution in [0, 0.1) is 6.92 Å². The van der Waals surface area contributed by atoms with Gasteiger partial charge in [-0.3, -0.25) is 9.69 Å². The van der Waals surface area contributed by atoms with Crippen molar-refractivity contribution < 1.29 is 4.79 Å². The fourth-order valence-electron chi connectivity index (χ4n) is 4.06. The van der Waals surface area contributed by atoms with Gasteiger partial charge in [0.1, 0.15) is 0 Å². The van der Waals surface area contributed by atoms with Gasteiger partial charge in [0.2, 0.25) is 5.91 Å². The van der Waals surface area contributed by atoms with Crippen molar-refractivity contribution in [1.29, 1.82) is 0 Å². The topological polar surface area (TPSA) is 36.4 Å². The van der Waals surface area contributed by atoms with Crippen LogP contribution < -0.4 is 0 Å². The van der Waals surface area contributed by atoms with E-state index < -0.39 is 0 Å². The Bertz CT molecular complexity index is 749. The lowest BCUT2D eigenvalue weighted by Gasteiger charge is -2.35. The van der Waals surface area contributed by atoms with E-state index in [1.54, 1.807) is 11.3 Å². The number of carbonyl (C=O) groups excluding carboxylic acids is 1. The maximum Gasteiger partial charge on any atom is 0.223 e. The van der Waals surface area contributed by atoms with Crippen LogP contribution in [0.2, 0.25) is 0 Å². The summed E-state index contributed by atoms with van der Waals surface area (Å²) < 4.78 is 0. The molecule has 25 heavy (non-hydrogen) atoms. The molecular weight excluding hydrogens is 330 g/mol. The molecule has 0 spiro atoms. The zero-order valence-corrected chi connectivity index (χ0v) is 15.6. The molecule has 132 valence electrons. The molecule has 1 unspecified atom stereocenters. The number of carbonyl (C=O) groups is 1. The standard InChI is InChI=1S/C20H25N3OS/c1-15-21-18(14-25-15)13-22-8-10-23(11-9-22)20(24)12-17-7-6-16-4-2-3-5-19(16)17/h2-5,14,17H,6-13H2,1H3. The molecule has 0 bridgehead atoms. The average Bonchev–Trinajstić information content (AvgIpc) is 3.22. The Morgan fingerprint density at radius 3 is 2.80 bits per heavy atom. The zero-order valence-electron chi connectivity index (χ0n) is 14.8. The van der Waals surface area contributed by atoms with Crippen molar-refractivity contribution in [3.8, 4) is 0 Å². The quantitative estimate of drug-likeness (QED) is 0.845. The van der Waals surface area contributed by atoms with E-state index in [2.05, 4.69) is 44.4 Å². The van der Waals surface area contributed by atoms with E-state index in [0.29, 0.717) is 18.2 Å². The maximum atomic E-state index is 12.7. The first kappa shape index (κ1) is 16.7. The van der Waals surface area contributed by atoms with Crippen LogP contribution in [0.25, 0.3) is 0 Å². The molecule has 2 aliphatic rings. The highest BCUT2D eigenvalue weighted by Crippen LogP contribution is 2.35. The van der Waals surface area contributed by atoms with Crippen molar-refractivity contribution >= 4 is 17.2 Å². The number of nitrogens with zero attached hydrogens (tertiary/aromatic N) is 3. The summed E-state index contributed by atoms with van der Waals surface area (Å²) in [4.78, 5) is 21.7. The van der Waals surface area contributed by atoms with Crippen LogP contribution in [0.15, 0.2) is 29.6 Å². The smallest absolute Gasteiger partial charge is 0.223 e. The predicted molar refractivity (Wildman–Crippen MR) is 101 cm³/mol. The van der Waals surface area contributed by atoms with Gasteiger partial charge >= 0.3 is 0 Å². The van der Waals surface area contributed by atoms with Crippen LogP contribution in [0.5, 0.6) is 0 Å². The highest BCUT2D eigenvalue weighted by atomic mass is 32.1. The fraction of sp³-hybridized carbons (Fsp3) is 0.500. The summed E-state index contributed by atoms with van der Waals surface area (Å²) >= 11 is 1.71. The zero-order chi connectivity index (χ0) is 17.2. The van der Waals surface area contributed by atoms with Crippen LogP contribution in [0.1, 0.15) is 40.6 Å². The third kappa shape index (κ3) is 3.77. The van der Waals surface area contributed by atoms with Gasteiger partial charge in [-0.05, 0) is 36.8 Å². The molecule has 1 aromatic carbocycles. The third-order valence-electron chi connectivity index (χ3n) is 5.46. The molecule has 1 atom stereocenters. The number of piperazine rings is 1. The molecular formula is C20H25N3OS. The van der Waals surface area contributed by atoms with E-state index in [1.165, 1.54) is 11.1 Å². The van der Waals surface area contributed by atoms with E-state index in [0.717, 1.165) is 56.3 Å². The molecule has 0 radical (unpaired) electrons. The number of fused-ring (bicyclic) bond motifs is 1. The van der Waals surface area contributed by atoms with Crippen molar-refractivity contribution in [2.24, 2.45) is 0 Å². The number of benzene rings is 1. The first-order valence-corrected chi connectivity index (χ1v) is 10.1. The highest BCUT2D eigenvalue weighted by Gasteiger charge is 2.28. The van der Waals surface area contributed by atoms with Crippen molar-refractivity contribution in [1.82, 2.24) is 14.8 Å². The van der Waals surface area contributed by atoms with Crippen LogP contribution in [0.3, 0.4) is 0 Å². The summed E-state index contributed by atoms with van der Waals surface area (Å²) in [6.07, 6.45) is 2.91. The first-order chi connectivity index (χ1) is 12.2. The summed E-state index contributed by atoms with van der Waals surface area (Å²) in [5.74, 6) is 0.741. The van der Waals surface area contributed by atoms with E-state index in [1.807, 2.05) is 6.92 Å². The second-order valence-electron chi connectivity index (χ2n) is 7.15. The summed E-state index contributed by atoms with van der Waals surface area (Å²) in [5.41, 5.74) is 3.99. The monoisotopic (exact) mass is 355 g/mol. The lowest BCUT2D eigenvalue weighted by Crippen LogP contribution is -2.48. The second-order valence-corrected chi connectivity index (χ2v) is 8.22. The van der Waals surface area contributed by atoms with Crippen LogP contribution in [-0.2, 0) is 17.8 Å². The minimum Gasteiger partial charge on any atom is -0.340 e. The lowest BCUT2D eigenvalue weighted by molar-refractivity contribution is -0.133. The fourth-order valence-corrected chi connectivity index (χ4v) is 4.67. The Morgan fingerprint density at radius 1 is 1.24 bits per heavy atom. The van der Waals surface area contributed by atoms with Gasteiger partial charge in [-0.25, -0.2) is 4.98 Å². The van der Waals surface area contributed by atoms with Gasteiger partial charge in [-0.15, -0.1) is 11.3 Å². The van der Waals surface area contributed by atoms with Gasteiger partial charge in [0, 0.05) is 44.5 Å². The average molecular weight is 356 g/mol. The van der Waals surface area contributed by atoms with Crippen LogP contribution >= 0.6 is 11.3 Å². The molecule has 2 aromatic rings. The van der Waals surface area contributed by atoms with Gasteiger partial charge in [0.25, 0.3) is 0 Å². The molecule has 1 aliphatic carbocycles. The maximum absolute atomic E-state index is 12.7. The Balaban J connectivity index is 1.28. The normalized spacial score (nSPS) is 20.7. The molecule has 2 heterocycles. The highest BCUT2D eigenvalue weighted by molar-refractivity contribution is 7.09.